The third-order valence-electron chi connectivity index (χ3n) is 5.93. The minimum Gasteiger partial charge on any atom is -0.481 e. The molecule has 0 aromatic heterocycles. The third kappa shape index (κ3) is 9.65. The van der Waals surface area contributed by atoms with Gasteiger partial charge in [0.2, 0.25) is 0 Å². The molecule has 0 aromatic carbocycles. The van der Waals surface area contributed by atoms with Crippen molar-refractivity contribution in [1.29, 1.82) is 0 Å². The molecule has 0 radical (unpaired) electrons. The smallest absolute Gasteiger partial charge is 0.317 e. The van der Waals surface area contributed by atoms with E-state index in [0.717, 1.165) is 57.8 Å². The molecule has 0 heterocycles. The van der Waals surface area contributed by atoms with Crippen LogP contribution < -0.4 is 0 Å². The number of carboxylic acids is 1. The summed E-state index contributed by atoms with van der Waals surface area (Å²) in [5.41, 5.74) is -1.20. The van der Waals surface area contributed by atoms with Crippen molar-refractivity contribution in [3.63, 3.8) is 0 Å². The molecule has 1 unspecified atom stereocenters. The first kappa shape index (κ1) is 29.4. The Bertz CT molecular complexity index is 386. The fourth-order valence-corrected chi connectivity index (χ4v) is 3.73. The maximum absolute atomic E-state index is 12.7. The summed E-state index contributed by atoms with van der Waals surface area (Å²) in [6, 6.07) is 0. The summed E-state index contributed by atoms with van der Waals surface area (Å²) in [5.74, 6) is -2.39. The van der Waals surface area contributed by atoms with Gasteiger partial charge in [0, 0.05) is 0 Å². The van der Waals surface area contributed by atoms with E-state index in [-0.39, 0.29) is 0 Å². The molecule has 0 saturated heterocycles. The first-order valence-corrected chi connectivity index (χ1v) is 12.6. The molecule has 0 bridgehead atoms. The SMILES string of the molecule is CCCCCCCCC(CC)(C(=O)O)C(OCCCC)(OCCCC)OCCCC. The summed E-state index contributed by atoms with van der Waals surface area (Å²) >= 11 is 0. The van der Waals surface area contributed by atoms with Crippen LogP contribution in [-0.2, 0) is 19.0 Å². The first-order chi connectivity index (χ1) is 14.5. The highest BCUT2D eigenvalue weighted by Crippen LogP contribution is 2.45. The predicted octanol–water partition coefficient (Wildman–Crippen LogP) is 7.32. The minimum absolute atomic E-state index is 0.418. The van der Waals surface area contributed by atoms with Gasteiger partial charge in [0.05, 0.1) is 19.8 Å². The molecule has 5 heteroatoms. The van der Waals surface area contributed by atoms with Crippen LogP contribution in [0.1, 0.15) is 125 Å². The average Bonchev–Trinajstić information content (AvgIpc) is 2.73. The largest absolute Gasteiger partial charge is 0.481 e. The van der Waals surface area contributed by atoms with Crippen LogP contribution in [0.4, 0.5) is 0 Å². The van der Waals surface area contributed by atoms with E-state index in [4.69, 9.17) is 14.2 Å². The van der Waals surface area contributed by atoms with Crippen molar-refractivity contribution in [2.45, 2.75) is 130 Å². The monoisotopic (exact) mass is 430 g/mol. The molecule has 0 aliphatic rings. The highest BCUT2D eigenvalue weighted by molar-refractivity contribution is 5.75. The topological polar surface area (TPSA) is 65.0 Å². The Kier molecular flexibility index (Phi) is 17.6. The molecule has 0 saturated carbocycles. The zero-order valence-corrected chi connectivity index (χ0v) is 20.6. The summed E-state index contributed by atoms with van der Waals surface area (Å²) < 4.78 is 18.8. The van der Waals surface area contributed by atoms with Crippen LogP contribution in [0.15, 0.2) is 0 Å². The number of hydrogen-bond donors (Lipinski definition) is 1. The molecule has 0 rings (SSSR count). The molecule has 180 valence electrons. The molecule has 0 aliphatic carbocycles. The molecular formula is C25H50O5. The molecule has 0 aliphatic heterocycles. The van der Waals surface area contributed by atoms with Crippen molar-refractivity contribution in [2.75, 3.05) is 19.8 Å². The normalized spacial score (nSPS) is 14.0. The lowest BCUT2D eigenvalue weighted by Crippen LogP contribution is -2.59. The highest BCUT2D eigenvalue weighted by atomic mass is 16.9. The van der Waals surface area contributed by atoms with Crippen LogP contribution in [0.2, 0.25) is 0 Å². The Morgan fingerprint density at radius 3 is 1.40 bits per heavy atom. The Morgan fingerprint density at radius 2 is 1.03 bits per heavy atom. The standard InChI is InChI=1S/C25H50O5/c1-6-11-15-16-17-18-19-24(10-5,23(26)27)25(28-20-12-7-2,29-21-13-8-3)30-22-14-9-4/h6-22H2,1-5H3,(H,26,27). The van der Waals surface area contributed by atoms with E-state index in [9.17, 15) is 9.90 Å². The Morgan fingerprint density at radius 1 is 0.633 bits per heavy atom. The number of carboxylic acid groups (broad SMARTS) is 1. The summed E-state index contributed by atoms with van der Waals surface area (Å²) in [6.07, 6.45) is 13.1. The van der Waals surface area contributed by atoms with Crippen LogP contribution in [0.25, 0.3) is 0 Å². The lowest BCUT2D eigenvalue weighted by atomic mass is 9.77. The summed E-state index contributed by atoms with van der Waals surface area (Å²) in [4.78, 5) is 12.7. The van der Waals surface area contributed by atoms with E-state index in [2.05, 4.69) is 27.7 Å². The van der Waals surface area contributed by atoms with Crippen molar-refractivity contribution < 1.29 is 24.1 Å². The van der Waals surface area contributed by atoms with Gasteiger partial charge in [-0.15, -0.1) is 0 Å². The number of hydrogen-bond acceptors (Lipinski definition) is 4. The fourth-order valence-electron chi connectivity index (χ4n) is 3.73. The van der Waals surface area contributed by atoms with Crippen molar-refractivity contribution in [3.05, 3.63) is 0 Å². The van der Waals surface area contributed by atoms with Crippen molar-refractivity contribution in [2.24, 2.45) is 5.41 Å². The maximum Gasteiger partial charge on any atom is 0.317 e. The highest BCUT2D eigenvalue weighted by Gasteiger charge is 2.59. The molecule has 5 nitrogen and oxygen atoms in total. The van der Waals surface area contributed by atoms with E-state index < -0.39 is 17.4 Å². The van der Waals surface area contributed by atoms with Gasteiger partial charge in [-0.25, -0.2) is 0 Å². The average molecular weight is 431 g/mol. The summed E-state index contributed by atoms with van der Waals surface area (Å²) in [7, 11) is 0. The first-order valence-electron chi connectivity index (χ1n) is 12.6. The number of carbonyl (C=O) groups is 1. The van der Waals surface area contributed by atoms with E-state index >= 15 is 0 Å². The van der Waals surface area contributed by atoms with Crippen molar-refractivity contribution >= 4 is 5.97 Å². The van der Waals surface area contributed by atoms with Crippen LogP contribution >= 0.6 is 0 Å². The molecule has 0 fully saturated rings. The molecule has 0 spiro atoms. The van der Waals surface area contributed by atoms with Crippen LogP contribution in [0, 0.1) is 5.41 Å². The number of aliphatic carboxylic acids is 1. The second-order valence-electron chi connectivity index (χ2n) is 8.42. The van der Waals surface area contributed by atoms with E-state index in [1.807, 2.05) is 6.92 Å². The minimum atomic E-state index is -1.52. The second-order valence-corrected chi connectivity index (χ2v) is 8.42. The summed E-state index contributed by atoms with van der Waals surface area (Å²) in [6.45, 7) is 11.8. The molecular weight excluding hydrogens is 380 g/mol. The van der Waals surface area contributed by atoms with Crippen LogP contribution in [0.3, 0.4) is 0 Å². The molecule has 30 heavy (non-hydrogen) atoms. The number of ether oxygens (including phenoxy) is 3. The van der Waals surface area contributed by atoms with E-state index in [1.165, 1.54) is 19.3 Å². The van der Waals surface area contributed by atoms with Crippen LogP contribution in [0.5, 0.6) is 0 Å². The van der Waals surface area contributed by atoms with Gasteiger partial charge < -0.3 is 19.3 Å². The van der Waals surface area contributed by atoms with Gasteiger partial charge in [0.15, 0.2) is 0 Å². The van der Waals surface area contributed by atoms with E-state index in [0.29, 0.717) is 32.7 Å². The molecule has 0 amide bonds. The van der Waals surface area contributed by atoms with Gasteiger partial charge in [-0.3, -0.25) is 4.79 Å². The Labute approximate surface area is 186 Å². The zero-order valence-electron chi connectivity index (χ0n) is 20.6. The van der Waals surface area contributed by atoms with Gasteiger partial charge in [0.1, 0.15) is 5.41 Å². The van der Waals surface area contributed by atoms with Crippen molar-refractivity contribution in [1.82, 2.24) is 0 Å². The van der Waals surface area contributed by atoms with Gasteiger partial charge in [0.25, 0.3) is 5.97 Å². The van der Waals surface area contributed by atoms with Gasteiger partial charge in [-0.05, 0) is 32.1 Å². The fraction of sp³-hybridized carbons (Fsp3) is 0.960. The Balaban J connectivity index is 5.69. The third-order valence-corrected chi connectivity index (χ3v) is 5.93. The number of unbranched alkanes of at least 4 members (excludes halogenated alkanes) is 8. The zero-order chi connectivity index (χ0) is 22.7. The molecule has 0 aromatic rings. The van der Waals surface area contributed by atoms with Gasteiger partial charge in [-0.1, -0.05) is 92.4 Å². The van der Waals surface area contributed by atoms with E-state index in [1.54, 1.807) is 0 Å². The van der Waals surface area contributed by atoms with Gasteiger partial charge in [-0.2, -0.15) is 0 Å². The molecule has 1 atom stereocenters. The quantitative estimate of drug-likeness (QED) is 0.144. The number of rotatable bonds is 22. The second kappa shape index (κ2) is 18.0. The lowest BCUT2D eigenvalue weighted by Gasteiger charge is -2.46. The molecule has 1 N–H and O–H groups in total. The summed E-state index contributed by atoms with van der Waals surface area (Å²) in [5, 5.41) is 10.4. The maximum atomic E-state index is 12.7. The van der Waals surface area contributed by atoms with Crippen molar-refractivity contribution in [3.8, 4) is 0 Å². The van der Waals surface area contributed by atoms with Gasteiger partial charge >= 0.3 is 5.97 Å². The van der Waals surface area contributed by atoms with Crippen LogP contribution in [-0.4, -0.2) is 36.9 Å². The predicted molar refractivity (Wildman–Crippen MR) is 124 cm³/mol. The Hall–Kier alpha value is -0.650. The lowest BCUT2D eigenvalue weighted by molar-refractivity contribution is -0.426.